The second-order valence-corrected chi connectivity index (χ2v) is 10.6. The number of hydrogen-bond acceptors (Lipinski definition) is 5. The number of carbonyl (C=O) groups is 2. The average Bonchev–Trinajstić information content (AvgIpc) is 3.29. The van der Waals surface area contributed by atoms with Crippen molar-refractivity contribution < 1.29 is 23.5 Å². The fraction of sp³-hybridized carbons (Fsp3) is 0.481. The molecule has 0 radical (unpaired) electrons. The molecule has 0 saturated carbocycles. The summed E-state index contributed by atoms with van der Waals surface area (Å²) in [5.74, 6) is -2.17. The predicted octanol–water partition coefficient (Wildman–Crippen LogP) is 5.53. The Morgan fingerprint density at radius 2 is 1.89 bits per heavy atom. The van der Waals surface area contributed by atoms with Gasteiger partial charge in [-0.05, 0) is 50.7 Å². The van der Waals surface area contributed by atoms with Crippen LogP contribution in [0.3, 0.4) is 0 Å². The van der Waals surface area contributed by atoms with Crippen molar-refractivity contribution in [2.24, 2.45) is 11.8 Å². The summed E-state index contributed by atoms with van der Waals surface area (Å²) in [4.78, 5) is 33.0. The van der Waals surface area contributed by atoms with Crippen LogP contribution in [0.15, 0.2) is 24.3 Å². The number of anilines is 1. The maximum Gasteiger partial charge on any atom is 0.303 e. The van der Waals surface area contributed by atoms with Crippen molar-refractivity contribution in [3.05, 3.63) is 46.6 Å². The molecule has 1 N–H and O–H groups in total. The van der Waals surface area contributed by atoms with Gasteiger partial charge in [0, 0.05) is 49.8 Å². The van der Waals surface area contributed by atoms with Crippen LogP contribution >= 0.6 is 11.6 Å². The van der Waals surface area contributed by atoms with Crippen LogP contribution in [-0.2, 0) is 4.79 Å². The number of rotatable bonds is 8. The van der Waals surface area contributed by atoms with Gasteiger partial charge in [-0.15, -0.1) is 0 Å². The molecule has 1 aliphatic heterocycles. The molecule has 0 bridgehead atoms. The minimum absolute atomic E-state index is 0.0160. The minimum Gasteiger partial charge on any atom is -0.481 e. The SMILES string of the molecule is CCCN(c1cc(-c2cc(F)c(Cl)c(F)c2)nc2cc(C(=O)N3CCC(CC(=O)O)C(C)C3)nn12)C(C)C. The highest BCUT2D eigenvalue weighted by Gasteiger charge is 2.32. The normalized spacial score (nSPS) is 17.8. The first kappa shape index (κ1) is 27.8. The molecule has 2 aromatic heterocycles. The molecule has 2 unspecified atom stereocenters. The summed E-state index contributed by atoms with van der Waals surface area (Å²) in [6.45, 7) is 9.63. The van der Waals surface area contributed by atoms with Crippen molar-refractivity contribution in [1.82, 2.24) is 19.5 Å². The van der Waals surface area contributed by atoms with E-state index in [4.69, 9.17) is 16.7 Å². The van der Waals surface area contributed by atoms with Crippen molar-refractivity contribution in [1.29, 1.82) is 0 Å². The fourth-order valence-electron chi connectivity index (χ4n) is 5.07. The Morgan fingerprint density at radius 1 is 1.21 bits per heavy atom. The van der Waals surface area contributed by atoms with E-state index < -0.39 is 22.6 Å². The molecule has 4 rings (SSSR count). The molecule has 38 heavy (non-hydrogen) atoms. The smallest absolute Gasteiger partial charge is 0.303 e. The van der Waals surface area contributed by atoms with Crippen molar-refractivity contribution in [2.75, 3.05) is 24.5 Å². The van der Waals surface area contributed by atoms with Crippen molar-refractivity contribution in [2.45, 2.75) is 53.0 Å². The van der Waals surface area contributed by atoms with E-state index in [0.717, 1.165) is 18.6 Å². The second-order valence-electron chi connectivity index (χ2n) is 10.2. The number of carbonyl (C=O) groups excluding carboxylic acids is 1. The molecule has 1 aliphatic rings. The van der Waals surface area contributed by atoms with E-state index in [1.807, 2.05) is 27.7 Å². The monoisotopic (exact) mass is 547 g/mol. The van der Waals surface area contributed by atoms with Crippen LogP contribution in [0.2, 0.25) is 5.02 Å². The number of aromatic nitrogens is 3. The van der Waals surface area contributed by atoms with Crippen LogP contribution in [-0.4, -0.2) is 62.2 Å². The molecule has 1 aromatic carbocycles. The van der Waals surface area contributed by atoms with E-state index in [-0.39, 0.29) is 41.5 Å². The maximum atomic E-state index is 14.3. The Hall–Kier alpha value is -3.27. The average molecular weight is 548 g/mol. The van der Waals surface area contributed by atoms with Crippen LogP contribution in [0.4, 0.5) is 14.6 Å². The van der Waals surface area contributed by atoms with E-state index >= 15 is 0 Å². The number of nitrogens with zero attached hydrogens (tertiary/aromatic N) is 5. The minimum atomic E-state index is -0.885. The van der Waals surface area contributed by atoms with Crippen LogP contribution in [0.1, 0.15) is 57.4 Å². The van der Waals surface area contributed by atoms with Gasteiger partial charge in [0.25, 0.3) is 5.91 Å². The second kappa shape index (κ2) is 11.2. The number of aliphatic carboxylic acids is 1. The lowest BCUT2D eigenvalue weighted by atomic mass is 9.84. The van der Waals surface area contributed by atoms with Crippen LogP contribution < -0.4 is 4.90 Å². The largest absolute Gasteiger partial charge is 0.481 e. The lowest BCUT2D eigenvalue weighted by molar-refractivity contribution is -0.138. The summed E-state index contributed by atoms with van der Waals surface area (Å²) in [5.41, 5.74) is 1.11. The molecule has 8 nitrogen and oxygen atoms in total. The third kappa shape index (κ3) is 5.60. The van der Waals surface area contributed by atoms with Crippen molar-refractivity contribution in [3.63, 3.8) is 0 Å². The number of amides is 1. The lowest BCUT2D eigenvalue weighted by Gasteiger charge is -2.36. The predicted molar refractivity (Wildman–Crippen MR) is 142 cm³/mol. The molecule has 1 fully saturated rings. The zero-order chi connectivity index (χ0) is 27.7. The van der Waals surface area contributed by atoms with Crippen LogP contribution in [0.5, 0.6) is 0 Å². The van der Waals surface area contributed by atoms with Gasteiger partial charge in [0.2, 0.25) is 0 Å². The zero-order valence-electron chi connectivity index (χ0n) is 21.9. The van der Waals surface area contributed by atoms with Crippen LogP contribution in [0.25, 0.3) is 16.9 Å². The number of hydrogen-bond donors (Lipinski definition) is 1. The third-order valence-electron chi connectivity index (χ3n) is 7.10. The van der Waals surface area contributed by atoms with Crippen LogP contribution in [0, 0.1) is 23.5 Å². The van der Waals surface area contributed by atoms with Crippen molar-refractivity contribution in [3.8, 4) is 11.3 Å². The van der Waals surface area contributed by atoms with Gasteiger partial charge in [-0.2, -0.15) is 9.61 Å². The lowest BCUT2D eigenvalue weighted by Crippen LogP contribution is -2.43. The molecule has 3 aromatic rings. The number of likely N-dealkylation sites (tertiary alicyclic amines) is 1. The molecule has 11 heteroatoms. The van der Waals surface area contributed by atoms with E-state index in [9.17, 15) is 18.4 Å². The number of piperidine rings is 1. The standard InChI is InChI=1S/C27H32ClF2N5O3/c1-5-7-34(15(2)3)24-13-21(18-9-19(29)26(28)20(30)10-18)31-23-12-22(32-35(23)24)27(38)33-8-6-17(11-25(36)37)16(4)14-33/h9-10,12-13,15-17H,5-8,11,14H2,1-4H3,(H,36,37). The third-order valence-corrected chi connectivity index (χ3v) is 7.46. The molecule has 204 valence electrons. The molecule has 0 spiro atoms. The summed E-state index contributed by atoms with van der Waals surface area (Å²) in [7, 11) is 0. The number of fused-ring (bicyclic) bond motifs is 1. The Balaban J connectivity index is 1.76. The van der Waals surface area contributed by atoms with Gasteiger partial charge in [-0.3, -0.25) is 9.59 Å². The summed E-state index contributed by atoms with van der Waals surface area (Å²) >= 11 is 5.69. The zero-order valence-corrected chi connectivity index (χ0v) is 22.7. The number of carboxylic acids is 1. The van der Waals surface area contributed by atoms with Gasteiger partial charge in [0.1, 0.15) is 22.5 Å². The van der Waals surface area contributed by atoms with E-state index in [0.29, 0.717) is 43.2 Å². The van der Waals surface area contributed by atoms with Gasteiger partial charge in [0.05, 0.1) is 5.69 Å². The number of benzene rings is 1. The quantitative estimate of drug-likeness (QED) is 0.373. The molecule has 1 amide bonds. The Morgan fingerprint density at radius 3 is 2.47 bits per heavy atom. The molecular formula is C27H32ClF2N5O3. The van der Waals surface area contributed by atoms with Gasteiger partial charge < -0.3 is 14.9 Å². The number of carboxylic acid groups (broad SMARTS) is 1. The molecule has 1 saturated heterocycles. The molecule has 2 atom stereocenters. The van der Waals surface area contributed by atoms with Gasteiger partial charge in [0.15, 0.2) is 11.3 Å². The van der Waals surface area contributed by atoms with E-state index in [1.54, 1.807) is 21.5 Å². The first-order valence-electron chi connectivity index (χ1n) is 12.8. The summed E-state index contributed by atoms with van der Waals surface area (Å²) in [6.07, 6.45) is 1.53. The number of halogens is 3. The Bertz CT molecular complexity index is 1340. The highest BCUT2D eigenvalue weighted by Crippen LogP contribution is 2.31. The van der Waals surface area contributed by atoms with Gasteiger partial charge >= 0.3 is 5.97 Å². The van der Waals surface area contributed by atoms with Gasteiger partial charge in [-0.25, -0.2) is 13.8 Å². The van der Waals surface area contributed by atoms with Gasteiger partial charge in [-0.1, -0.05) is 25.4 Å². The Kier molecular flexibility index (Phi) is 8.20. The molecule has 0 aliphatic carbocycles. The topological polar surface area (TPSA) is 91.0 Å². The molecule has 3 heterocycles. The highest BCUT2D eigenvalue weighted by molar-refractivity contribution is 6.31. The first-order chi connectivity index (χ1) is 18.0. The fourth-order valence-corrected chi connectivity index (χ4v) is 5.17. The van der Waals surface area contributed by atoms with E-state index in [1.165, 1.54) is 0 Å². The Labute approximate surface area is 225 Å². The summed E-state index contributed by atoms with van der Waals surface area (Å²) in [6, 6.07) is 5.64. The summed E-state index contributed by atoms with van der Waals surface area (Å²) in [5, 5.41) is 13.2. The highest BCUT2D eigenvalue weighted by atomic mass is 35.5. The first-order valence-corrected chi connectivity index (χ1v) is 13.2. The van der Waals surface area contributed by atoms with Crippen molar-refractivity contribution >= 4 is 34.9 Å². The maximum absolute atomic E-state index is 14.3. The molecular weight excluding hydrogens is 516 g/mol. The van der Waals surface area contributed by atoms with E-state index in [2.05, 4.69) is 15.0 Å². The summed E-state index contributed by atoms with van der Waals surface area (Å²) < 4.78 is 30.2.